The number of halogens is 1. The number of hydrogen-bond donors (Lipinski definition) is 2. The minimum absolute atomic E-state index is 0. The third-order valence-electron chi connectivity index (χ3n) is 4.41. The van der Waals surface area contributed by atoms with Crippen molar-refractivity contribution >= 4 is 24.2 Å². The molecule has 1 aliphatic heterocycles. The zero-order chi connectivity index (χ0) is 17.5. The minimum atomic E-state index is -0.534. The summed E-state index contributed by atoms with van der Waals surface area (Å²) in [6.07, 6.45) is 2.73. The fraction of sp³-hybridized carbons (Fsp3) is 0.579. The molecule has 2 amide bonds. The summed E-state index contributed by atoms with van der Waals surface area (Å²) in [6.45, 7) is 5.53. The Morgan fingerprint density at radius 3 is 2.36 bits per heavy atom. The van der Waals surface area contributed by atoms with Crippen molar-refractivity contribution in [2.24, 2.45) is 11.7 Å². The van der Waals surface area contributed by atoms with Crippen molar-refractivity contribution in [3.63, 3.8) is 0 Å². The largest absolute Gasteiger partial charge is 0.352 e. The van der Waals surface area contributed by atoms with E-state index in [2.05, 4.69) is 19.2 Å². The standard InChI is InChI=1S/C19H29N3O2.ClH/c1-14(2)12-18(23)22-10-8-16(9-11-22)21-19(24)17(20)13-15-6-4-3-5-7-15;/h3-7,14,16-17H,8-13,20H2,1-2H3,(H,21,24);1H/t17-;/m0./s1. The van der Waals surface area contributed by atoms with E-state index in [1.807, 2.05) is 35.2 Å². The highest BCUT2D eigenvalue weighted by Crippen LogP contribution is 2.14. The molecule has 1 aliphatic rings. The lowest BCUT2D eigenvalue weighted by atomic mass is 10.0. The number of nitrogens with one attached hydrogen (secondary N) is 1. The molecule has 0 radical (unpaired) electrons. The Labute approximate surface area is 156 Å². The molecule has 1 atom stereocenters. The number of carbonyl (C=O) groups is 2. The minimum Gasteiger partial charge on any atom is -0.352 e. The predicted molar refractivity (Wildman–Crippen MR) is 103 cm³/mol. The van der Waals surface area contributed by atoms with Gasteiger partial charge in [0.2, 0.25) is 11.8 Å². The molecule has 0 aromatic heterocycles. The second kappa shape index (κ2) is 10.4. The van der Waals surface area contributed by atoms with Crippen molar-refractivity contribution in [3.05, 3.63) is 35.9 Å². The van der Waals surface area contributed by atoms with Crippen LogP contribution < -0.4 is 11.1 Å². The molecular weight excluding hydrogens is 338 g/mol. The highest BCUT2D eigenvalue weighted by atomic mass is 35.5. The van der Waals surface area contributed by atoms with Gasteiger partial charge in [0.15, 0.2) is 0 Å². The van der Waals surface area contributed by atoms with Crippen LogP contribution in [0.2, 0.25) is 0 Å². The molecular formula is C19H30ClN3O2. The van der Waals surface area contributed by atoms with E-state index < -0.39 is 6.04 Å². The van der Waals surface area contributed by atoms with E-state index in [0.717, 1.165) is 18.4 Å². The molecule has 3 N–H and O–H groups in total. The quantitative estimate of drug-likeness (QED) is 0.808. The van der Waals surface area contributed by atoms with E-state index in [4.69, 9.17) is 5.73 Å². The van der Waals surface area contributed by atoms with E-state index in [9.17, 15) is 9.59 Å². The number of carbonyl (C=O) groups excluding carboxylic acids is 2. The lowest BCUT2D eigenvalue weighted by Crippen LogP contribution is -2.51. The van der Waals surface area contributed by atoms with Crippen LogP contribution in [0.3, 0.4) is 0 Å². The van der Waals surface area contributed by atoms with Gasteiger partial charge >= 0.3 is 0 Å². The molecule has 1 aromatic rings. The fourth-order valence-electron chi connectivity index (χ4n) is 3.02. The molecule has 0 unspecified atom stereocenters. The molecule has 5 nitrogen and oxygen atoms in total. The van der Waals surface area contributed by atoms with Crippen molar-refractivity contribution in [1.29, 1.82) is 0 Å². The number of likely N-dealkylation sites (tertiary alicyclic amines) is 1. The van der Waals surface area contributed by atoms with E-state index in [0.29, 0.717) is 31.8 Å². The van der Waals surface area contributed by atoms with Gasteiger partial charge in [-0.1, -0.05) is 44.2 Å². The summed E-state index contributed by atoms with van der Waals surface area (Å²) < 4.78 is 0. The lowest BCUT2D eigenvalue weighted by Gasteiger charge is -2.33. The molecule has 25 heavy (non-hydrogen) atoms. The van der Waals surface area contributed by atoms with Gasteiger partial charge in [-0.2, -0.15) is 0 Å². The van der Waals surface area contributed by atoms with Crippen LogP contribution in [0.1, 0.15) is 38.7 Å². The van der Waals surface area contributed by atoms with Crippen LogP contribution in [0.15, 0.2) is 30.3 Å². The first-order valence-electron chi connectivity index (χ1n) is 8.83. The van der Waals surface area contributed by atoms with Gasteiger partial charge in [0.25, 0.3) is 0 Å². The van der Waals surface area contributed by atoms with Gasteiger partial charge in [-0.25, -0.2) is 0 Å². The second-order valence-corrected chi connectivity index (χ2v) is 7.06. The number of amides is 2. The monoisotopic (exact) mass is 367 g/mol. The highest BCUT2D eigenvalue weighted by molar-refractivity contribution is 5.85. The van der Waals surface area contributed by atoms with Crippen LogP contribution in [0.25, 0.3) is 0 Å². The summed E-state index contributed by atoms with van der Waals surface area (Å²) in [5, 5.41) is 3.04. The molecule has 1 fully saturated rings. The summed E-state index contributed by atoms with van der Waals surface area (Å²) in [5.41, 5.74) is 7.08. The zero-order valence-electron chi connectivity index (χ0n) is 15.1. The maximum atomic E-state index is 12.3. The molecule has 1 heterocycles. The van der Waals surface area contributed by atoms with Crippen molar-refractivity contribution in [1.82, 2.24) is 10.2 Å². The van der Waals surface area contributed by atoms with Gasteiger partial charge < -0.3 is 16.0 Å². The number of nitrogens with two attached hydrogens (primary N) is 1. The predicted octanol–water partition coefficient (Wildman–Crippen LogP) is 2.13. The maximum absolute atomic E-state index is 12.3. The fourth-order valence-corrected chi connectivity index (χ4v) is 3.02. The third-order valence-corrected chi connectivity index (χ3v) is 4.41. The first-order chi connectivity index (χ1) is 11.5. The summed E-state index contributed by atoms with van der Waals surface area (Å²) in [7, 11) is 0. The molecule has 1 aromatic carbocycles. The molecule has 0 bridgehead atoms. The zero-order valence-corrected chi connectivity index (χ0v) is 15.9. The normalized spacial score (nSPS) is 16.2. The maximum Gasteiger partial charge on any atom is 0.237 e. The van der Waals surface area contributed by atoms with Crippen LogP contribution in [-0.2, 0) is 16.0 Å². The van der Waals surface area contributed by atoms with Gasteiger partial charge in [0.05, 0.1) is 6.04 Å². The average molecular weight is 368 g/mol. The van der Waals surface area contributed by atoms with Crippen LogP contribution in [0, 0.1) is 5.92 Å². The van der Waals surface area contributed by atoms with Crippen molar-refractivity contribution < 1.29 is 9.59 Å². The summed E-state index contributed by atoms with van der Waals surface area (Å²) >= 11 is 0. The van der Waals surface area contributed by atoms with Crippen molar-refractivity contribution in [3.8, 4) is 0 Å². The van der Waals surface area contributed by atoms with E-state index >= 15 is 0 Å². The number of nitrogens with zero attached hydrogens (tertiary/aromatic N) is 1. The number of rotatable bonds is 6. The van der Waals surface area contributed by atoms with Gasteiger partial charge in [-0.15, -0.1) is 12.4 Å². The first kappa shape index (κ1) is 21.5. The van der Waals surface area contributed by atoms with Crippen molar-refractivity contribution in [2.45, 2.75) is 51.6 Å². The summed E-state index contributed by atoms with van der Waals surface area (Å²) in [4.78, 5) is 26.2. The molecule has 2 rings (SSSR count). The Hall–Kier alpha value is -1.59. The Balaban J connectivity index is 0.00000312. The Morgan fingerprint density at radius 1 is 1.20 bits per heavy atom. The summed E-state index contributed by atoms with van der Waals surface area (Å²) in [5.74, 6) is 0.493. The molecule has 6 heteroatoms. The Morgan fingerprint density at radius 2 is 1.80 bits per heavy atom. The van der Waals surface area contributed by atoms with Crippen LogP contribution in [0.5, 0.6) is 0 Å². The van der Waals surface area contributed by atoms with Gasteiger partial charge in [-0.3, -0.25) is 9.59 Å². The number of benzene rings is 1. The number of hydrogen-bond acceptors (Lipinski definition) is 3. The molecule has 0 spiro atoms. The lowest BCUT2D eigenvalue weighted by molar-refractivity contribution is -0.133. The Bertz CT molecular complexity index is 543. The third kappa shape index (κ3) is 7.04. The van der Waals surface area contributed by atoms with E-state index in [1.54, 1.807) is 0 Å². The topological polar surface area (TPSA) is 75.4 Å². The van der Waals surface area contributed by atoms with E-state index in [1.165, 1.54) is 0 Å². The molecule has 0 aliphatic carbocycles. The van der Waals surface area contributed by atoms with Crippen LogP contribution in [0.4, 0.5) is 0 Å². The van der Waals surface area contributed by atoms with Crippen LogP contribution in [-0.4, -0.2) is 41.9 Å². The summed E-state index contributed by atoms with van der Waals surface area (Å²) in [6, 6.07) is 9.38. The highest BCUT2D eigenvalue weighted by Gasteiger charge is 2.25. The van der Waals surface area contributed by atoms with Gasteiger partial charge in [-0.05, 0) is 30.7 Å². The van der Waals surface area contributed by atoms with E-state index in [-0.39, 0.29) is 30.3 Å². The average Bonchev–Trinajstić information content (AvgIpc) is 2.55. The molecule has 1 saturated heterocycles. The smallest absolute Gasteiger partial charge is 0.237 e. The van der Waals surface area contributed by atoms with Crippen LogP contribution >= 0.6 is 12.4 Å². The first-order valence-corrected chi connectivity index (χ1v) is 8.83. The van der Waals surface area contributed by atoms with Gasteiger partial charge in [0, 0.05) is 25.6 Å². The second-order valence-electron chi connectivity index (χ2n) is 7.06. The van der Waals surface area contributed by atoms with Gasteiger partial charge in [0.1, 0.15) is 0 Å². The molecule has 0 saturated carbocycles. The Kier molecular flexibility index (Phi) is 8.93. The SMILES string of the molecule is CC(C)CC(=O)N1CCC(NC(=O)[C@@H](N)Cc2ccccc2)CC1.Cl. The van der Waals surface area contributed by atoms with Crippen molar-refractivity contribution in [2.75, 3.05) is 13.1 Å². The molecule has 140 valence electrons. The number of piperidine rings is 1.